The van der Waals surface area contributed by atoms with Crippen molar-refractivity contribution in [3.05, 3.63) is 48.0 Å². The lowest BCUT2D eigenvalue weighted by Crippen LogP contribution is -2.19. The number of unbranched alkanes of at least 4 members (excludes halogenated alkanes) is 7. The van der Waals surface area contributed by atoms with E-state index in [9.17, 15) is 14.7 Å². The second kappa shape index (κ2) is 15.0. The van der Waals surface area contributed by atoms with Gasteiger partial charge in [0, 0.05) is 0 Å². The van der Waals surface area contributed by atoms with Gasteiger partial charge in [0.2, 0.25) is 0 Å². The minimum absolute atomic E-state index is 0.0933. The van der Waals surface area contributed by atoms with E-state index in [1.54, 1.807) is 0 Å². The number of esters is 1. The summed E-state index contributed by atoms with van der Waals surface area (Å²) in [7, 11) is 0. The monoisotopic (exact) mass is 374 g/mol. The van der Waals surface area contributed by atoms with Crippen LogP contribution in [-0.4, -0.2) is 17.0 Å². The Hall–Kier alpha value is -2.10. The van der Waals surface area contributed by atoms with E-state index in [2.05, 4.69) is 6.92 Å². The number of allylic oxidation sites excluding steroid dienone is 2. The van der Waals surface area contributed by atoms with Crippen LogP contribution in [0.3, 0.4) is 0 Å². The van der Waals surface area contributed by atoms with Gasteiger partial charge in [0.05, 0.1) is 12.3 Å². The zero-order valence-corrected chi connectivity index (χ0v) is 16.6. The highest BCUT2D eigenvalue weighted by atomic mass is 16.5. The van der Waals surface area contributed by atoms with Crippen molar-refractivity contribution in [3.63, 3.8) is 0 Å². The molecule has 0 aromatic heterocycles. The molecule has 150 valence electrons. The average molecular weight is 375 g/mol. The van der Waals surface area contributed by atoms with Crippen LogP contribution in [0.4, 0.5) is 0 Å². The third-order valence-electron chi connectivity index (χ3n) is 4.57. The van der Waals surface area contributed by atoms with Crippen LogP contribution >= 0.6 is 0 Å². The van der Waals surface area contributed by atoms with Gasteiger partial charge in [0.1, 0.15) is 6.61 Å². The zero-order chi connectivity index (χ0) is 19.7. The van der Waals surface area contributed by atoms with Crippen LogP contribution in [0.15, 0.2) is 42.5 Å². The molecule has 1 unspecified atom stereocenters. The molecule has 1 atom stereocenters. The summed E-state index contributed by atoms with van der Waals surface area (Å²) in [6.07, 6.45) is 14.0. The molecule has 4 heteroatoms. The van der Waals surface area contributed by atoms with Crippen molar-refractivity contribution >= 4 is 11.9 Å². The summed E-state index contributed by atoms with van der Waals surface area (Å²) in [5.74, 6) is -2.14. The Morgan fingerprint density at radius 3 is 2.33 bits per heavy atom. The summed E-state index contributed by atoms with van der Waals surface area (Å²) < 4.78 is 5.18. The van der Waals surface area contributed by atoms with E-state index in [1.165, 1.54) is 38.5 Å². The van der Waals surface area contributed by atoms with Crippen LogP contribution < -0.4 is 0 Å². The minimum Gasteiger partial charge on any atom is -0.481 e. The molecule has 1 N–H and O–H groups in total. The molecule has 0 aliphatic carbocycles. The fraction of sp³-hybridized carbons (Fsp3) is 0.565. The molecule has 1 aromatic carbocycles. The number of rotatable bonds is 15. The van der Waals surface area contributed by atoms with Crippen LogP contribution in [0.2, 0.25) is 0 Å². The van der Waals surface area contributed by atoms with E-state index in [-0.39, 0.29) is 13.0 Å². The topological polar surface area (TPSA) is 63.6 Å². The highest BCUT2D eigenvalue weighted by Crippen LogP contribution is 2.14. The summed E-state index contributed by atoms with van der Waals surface area (Å²) in [5, 5.41) is 9.31. The molecule has 0 amide bonds. The Kier molecular flexibility index (Phi) is 12.7. The molecule has 0 aliphatic heterocycles. The van der Waals surface area contributed by atoms with Gasteiger partial charge in [0.25, 0.3) is 0 Å². The van der Waals surface area contributed by atoms with E-state index in [0.29, 0.717) is 6.42 Å². The van der Waals surface area contributed by atoms with Gasteiger partial charge in [-0.05, 0) is 24.8 Å². The van der Waals surface area contributed by atoms with Crippen molar-refractivity contribution in [3.8, 4) is 0 Å². The number of aliphatic carboxylic acids is 1. The largest absolute Gasteiger partial charge is 0.481 e. The van der Waals surface area contributed by atoms with E-state index in [1.807, 2.05) is 42.5 Å². The normalized spacial score (nSPS) is 12.2. The summed E-state index contributed by atoms with van der Waals surface area (Å²) in [5.41, 5.74) is 0.896. The van der Waals surface area contributed by atoms with Gasteiger partial charge in [-0.15, -0.1) is 0 Å². The van der Waals surface area contributed by atoms with Crippen LogP contribution in [0.1, 0.15) is 76.7 Å². The third-order valence-corrected chi connectivity index (χ3v) is 4.57. The van der Waals surface area contributed by atoms with Crippen molar-refractivity contribution in [1.29, 1.82) is 0 Å². The smallest absolute Gasteiger partial charge is 0.307 e. The van der Waals surface area contributed by atoms with Crippen molar-refractivity contribution in [2.45, 2.75) is 77.7 Å². The summed E-state index contributed by atoms with van der Waals surface area (Å²) in [6.45, 7) is 2.40. The second-order valence-corrected chi connectivity index (χ2v) is 7.00. The first kappa shape index (κ1) is 22.9. The van der Waals surface area contributed by atoms with Crippen LogP contribution in [-0.2, 0) is 20.9 Å². The average Bonchev–Trinajstić information content (AvgIpc) is 2.67. The quantitative estimate of drug-likeness (QED) is 0.235. The maximum absolute atomic E-state index is 11.9. The fourth-order valence-corrected chi connectivity index (χ4v) is 2.87. The molecular weight excluding hydrogens is 340 g/mol. The Balaban J connectivity index is 2.19. The summed E-state index contributed by atoms with van der Waals surface area (Å²) >= 11 is 0. The lowest BCUT2D eigenvalue weighted by atomic mass is 10.0. The highest BCUT2D eigenvalue weighted by molar-refractivity contribution is 5.78. The number of hydrogen-bond donors (Lipinski definition) is 1. The Morgan fingerprint density at radius 1 is 1.00 bits per heavy atom. The minimum atomic E-state index is -0.952. The Bertz CT molecular complexity index is 551. The standard InChI is InChI=1S/C23H34O4/c1-2-3-4-5-6-7-8-9-10-14-17-21(23(25)26)18-22(24)27-19-20-15-12-11-13-16-20/h10-16,21H,2-9,17-19H2,1H3,(H,25,26)/b14-10+. The number of carbonyl (C=O) groups is 2. The Morgan fingerprint density at radius 2 is 1.67 bits per heavy atom. The number of ether oxygens (including phenoxy) is 1. The highest BCUT2D eigenvalue weighted by Gasteiger charge is 2.20. The van der Waals surface area contributed by atoms with Gasteiger partial charge in [-0.1, -0.05) is 87.9 Å². The molecule has 0 saturated heterocycles. The van der Waals surface area contributed by atoms with Crippen LogP contribution in [0, 0.1) is 5.92 Å². The molecule has 0 spiro atoms. The molecule has 0 radical (unpaired) electrons. The molecule has 0 saturated carbocycles. The van der Waals surface area contributed by atoms with Gasteiger partial charge < -0.3 is 9.84 Å². The number of carbonyl (C=O) groups excluding carboxylic acids is 1. The molecule has 0 heterocycles. The van der Waals surface area contributed by atoms with E-state index in [4.69, 9.17) is 4.74 Å². The van der Waals surface area contributed by atoms with Gasteiger partial charge in [-0.2, -0.15) is 0 Å². The first-order chi connectivity index (χ1) is 13.1. The first-order valence-corrected chi connectivity index (χ1v) is 10.2. The number of carboxylic acids is 1. The maximum atomic E-state index is 11.9. The van der Waals surface area contributed by atoms with Crippen LogP contribution in [0.25, 0.3) is 0 Å². The van der Waals surface area contributed by atoms with Crippen molar-refractivity contribution in [2.24, 2.45) is 5.92 Å². The lowest BCUT2D eigenvalue weighted by molar-refractivity contribution is -0.152. The molecular formula is C23H34O4. The first-order valence-electron chi connectivity index (χ1n) is 10.2. The maximum Gasteiger partial charge on any atom is 0.307 e. The Labute approximate surface area is 163 Å². The number of hydrogen-bond acceptors (Lipinski definition) is 3. The van der Waals surface area contributed by atoms with Gasteiger partial charge >= 0.3 is 11.9 Å². The molecule has 27 heavy (non-hydrogen) atoms. The van der Waals surface area contributed by atoms with Crippen molar-refractivity contribution in [2.75, 3.05) is 0 Å². The van der Waals surface area contributed by atoms with E-state index < -0.39 is 17.9 Å². The zero-order valence-electron chi connectivity index (χ0n) is 16.6. The number of carboxylic acid groups (broad SMARTS) is 1. The predicted octanol–water partition coefficient (Wildman–Crippen LogP) is 5.91. The second-order valence-electron chi connectivity index (χ2n) is 7.00. The number of benzene rings is 1. The predicted molar refractivity (Wildman–Crippen MR) is 108 cm³/mol. The molecule has 0 aliphatic rings. The molecule has 0 fully saturated rings. The fourth-order valence-electron chi connectivity index (χ4n) is 2.87. The van der Waals surface area contributed by atoms with Crippen molar-refractivity contribution < 1.29 is 19.4 Å². The third kappa shape index (κ3) is 12.0. The lowest BCUT2D eigenvalue weighted by Gasteiger charge is -2.10. The molecule has 1 aromatic rings. The van der Waals surface area contributed by atoms with Crippen LogP contribution in [0.5, 0.6) is 0 Å². The SMILES string of the molecule is CCCCCCCCC/C=C/CC(CC(=O)OCc1ccccc1)C(=O)O. The molecule has 1 rings (SSSR count). The van der Waals surface area contributed by atoms with E-state index >= 15 is 0 Å². The molecule has 0 bridgehead atoms. The van der Waals surface area contributed by atoms with Gasteiger partial charge in [-0.25, -0.2) is 0 Å². The summed E-state index contributed by atoms with van der Waals surface area (Å²) in [6, 6.07) is 9.38. The summed E-state index contributed by atoms with van der Waals surface area (Å²) in [4.78, 5) is 23.3. The molecule has 4 nitrogen and oxygen atoms in total. The van der Waals surface area contributed by atoms with Gasteiger partial charge in [-0.3, -0.25) is 9.59 Å². The van der Waals surface area contributed by atoms with Crippen molar-refractivity contribution in [1.82, 2.24) is 0 Å². The van der Waals surface area contributed by atoms with E-state index in [0.717, 1.165) is 18.4 Å². The van der Waals surface area contributed by atoms with Gasteiger partial charge in [0.15, 0.2) is 0 Å².